The van der Waals surface area contributed by atoms with E-state index in [1.54, 1.807) is 0 Å². The van der Waals surface area contributed by atoms with Crippen LogP contribution in [0.1, 0.15) is 5.56 Å². The summed E-state index contributed by atoms with van der Waals surface area (Å²) in [6.45, 7) is 0. The number of amides is 1. The lowest BCUT2D eigenvalue weighted by molar-refractivity contribution is -0.115. The number of carbonyl (C=O) groups excluding carboxylic acids is 1. The van der Waals surface area contributed by atoms with Gasteiger partial charge in [-0.05, 0) is 29.1 Å². The van der Waals surface area contributed by atoms with E-state index in [1.807, 2.05) is 66.7 Å². The Morgan fingerprint density at radius 2 is 1.62 bits per heavy atom. The number of nitrogens with one attached hydrogen (secondary N) is 1. The van der Waals surface area contributed by atoms with Crippen molar-refractivity contribution in [1.29, 1.82) is 0 Å². The van der Waals surface area contributed by atoms with Crippen LogP contribution in [0, 0.1) is 0 Å². The van der Waals surface area contributed by atoms with E-state index in [2.05, 4.69) is 17.9 Å². The highest BCUT2D eigenvalue weighted by molar-refractivity contribution is 7.80. The van der Waals surface area contributed by atoms with E-state index in [9.17, 15) is 4.79 Å². The number of thiol groups is 1. The normalized spacial score (nSPS) is 10.5. The summed E-state index contributed by atoms with van der Waals surface area (Å²) in [7, 11) is 0. The monoisotopic (exact) mass is 293 g/mol. The Balaban J connectivity index is 1.79. The minimum Gasteiger partial charge on any atom is -0.325 e. The molecule has 0 unspecified atom stereocenters. The summed E-state index contributed by atoms with van der Waals surface area (Å²) in [4.78, 5) is 13.1. The number of hydrogen-bond acceptors (Lipinski definition) is 2. The summed E-state index contributed by atoms with van der Waals surface area (Å²) in [6, 6.07) is 21.6. The molecule has 3 rings (SSSR count). The molecule has 3 aromatic rings. The van der Waals surface area contributed by atoms with E-state index in [1.165, 1.54) is 0 Å². The Kier molecular flexibility index (Phi) is 3.93. The van der Waals surface area contributed by atoms with Gasteiger partial charge in [0.25, 0.3) is 0 Å². The van der Waals surface area contributed by atoms with E-state index < -0.39 is 0 Å². The van der Waals surface area contributed by atoms with Crippen molar-refractivity contribution in [1.82, 2.24) is 0 Å². The van der Waals surface area contributed by atoms with E-state index in [-0.39, 0.29) is 5.91 Å². The second-order valence-electron chi connectivity index (χ2n) is 4.92. The molecule has 0 saturated heterocycles. The molecule has 0 spiro atoms. The molecule has 104 valence electrons. The number of carbonyl (C=O) groups is 1. The predicted molar refractivity (Wildman–Crippen MR) is 90.0 cm³/mol. The van der Waals surface area contributed by atoms with Gasteiger partial charge >= 0.3 is 0 Å². The smallest absolute Gasteiger partial charge is 0.228 e. The molecule has 0 heterocycles. The zero-order valence-electron chi connectivity index (χ0n) is 11.4. The zero-order valence-corrected chi connectivity index (χ0v) is 12.3. The molecule has 3 heteroatoms. The minimum absolute atomic E-state index is 0.0155. The van der Waals surface area contributed by atoms with Crippen LogP contribution in [0.25, 0.3) is 10.8 Å². The van der Waals surface area contributed by atoms with Crippen molar-refractivity contribution in [3.8, 4) is 0 Å². The molecule has 2 nitrogen and oxygen atoms in total. The van der Waals surface area contributed by atoms with Gasteiger partial charge in [-0.2, -0.15) is 0 Å². The van der Waals surface area contributed by atoms with Crippen LogP contribution in [0.15, 0.2) is 71.6 Å². The highest BCUT2D eigenvalue weighted by Gasteiger charge is 2.06. The van der Waals surface area contributed by atoms with Crippen molar-refractivity contribution >= 4 is 35.0 Å². The van der Waals surface area contributed by atoms with Crippen molar-refractivity contribution in [3.63, 3.8) is 0 Å². The molecule has 0 aliphatic rings. The largest absolute Gasteiger partial charge is 0.325 e. The molecule has 0 bridgehead atoms. The van der Waals surface area contributed by atoms with Crippen molar-refractivity contribution in [2.45, 2.75) is 11.3 Å². The van der Waals surface area contributed by atoms with Gasteiger partial charge in [0.15, 0.2) is 0 Å². The van der Waals surface area contributed by atoms with Crippen LogP contribution in [-0.4, -0.2) is 5.91 Å². The summed E-state index contributed by atoms with van der Waals surface area (Å²) in [5.74, 6) is -0.0155. The van der Waals surface area contributed by atoms with Crippen molar-refractivity contribution in [3.05, 3.63) is 72.3 Å². The fraction of sp³-hybridized carbons (Fsp3) is 0.0556. The molecule has 0 aromatic heterocycles. The van der Waals surface area contributed by atoms with Crippen LogP contribution in [0.3, 0.4) is 0 Å². The number of anilines is 1. The SMILES string of the molecule is O=C(Cc1ccc(S)cc1)Nc1cccc2ccccc12. The van der Waals surface area contributed by atoms with E-state index in [4.69, 9.17) is 0 Å². The van der Waals surface area contributed by atoms with Crippen LogP contribution in [0.4, 0.5) is 5.69 Å². The van der Waals surface area contributed by atoms with Crippen molar-refractivity contribution in [2.24, 2.45) is 0 Å². The Hall–Kier alpha value is -2.26. The van der Waals surface area contributed by atoms with Gasteiger partial charge in [0.05, 0.1) is 6.42 Å². The third-order valence-corrected chi connectivity index (χ3v) is 3.66. The molecule has 0 fully saturated rings. The van der Waals surface area contributed by atoms with Crippen molar-refractivity contribution < 1.29 is 4.79 Å². The maximum atomic E-state index is 12.2. The Labute approximate surface area is 129 Å². The van der Waals surface area contributed by atoms with Crippen LogP contribution in [0.5, 0.6) is 0 Å². The summed E-state index contributed by atoms with van der Waals surface area (Å²) in [6.07, 6.45) is 0.358. The summed E-state index contributed by atoms with van der Waals surface area (Å²) in [5.41, 5.74) is 1.83. The summed E-state index contributed by atoms with van der Waals surface area (Å²) < 4.78 is 0. The fourth-order valence-corrected chi connectivity index (χ4v) is 2.48. The molecule has 1 N–H and O–H groups in total. The summed E-state index contributed by atoms with van der Waals surface area (Å²) in [5, 5.41) is 5.16. The standard InChI is InChI=1S/C18H15NOS/c20-18(12-13-8-10-15(21)11-9-13)19-17-7-3-5-14-4-1-2-6-16(14)17/h1-11,21H,12H2,(H,19,20). The van der Waals surface area contributed by atoms with Crippen LogP contribution in [-0.2, 0) is 11.2 Å². The van der Waals surface area contributed by atoms with E-state index in [0.29, 0.717) is 6.42 Å². The molecule has 0 atom stereocenters. The number of rotatable bonds is 3. The fourth-order valence-electron chi connectivity index (χ4n) is 2.33. The van der Waals surface area contributed by atoms with E-state index >= 15 is 0 Å². The van der Waals surface area contributed by atoms with Gasteiger partial charge < -0.3 is 5.32 Å². The maximum absolute atomic E-state index is 12.2. The molecular formula is C18H15NOS. The third kappa shape index (κ3) is 3.26. The first kappa shape index (κ1) is 13.7. The zero-order chi connectivity index (χ0) is 14.7. The minimum atomic E-state index is -0.0155. The van der Waals surface area contributed by atoms with Crippen LogP contribution >= 0.6 is 12.6 Å². The molecule has 0 aliphatic carbocycles. The van der Waals surface area contributed by atoms with E-state index in [0.717, 1.165) is 26.9 Å². The third-order valence-electron chi connectivity index (χ3n) is 3.36. The topological polar surface area (TPSA) is 29.1 Å². The van der Waals surface area contributed by atoms with Gasteiger partial charge in [-0.3, -0.25) is 4.79 Å². The Bertz CT molecular complexity index is 775. The van der Waals surface area contributed by atoms with Crippen LogP contribution in [0.2, 0.25) is 0 Å². The van der Waals surface area contributed by atoms with Gasteiger partial charge in [0.2, 0.25) is 5.91 Å². The lowest BCUT2D eigenvalue weighted by atomic mass is 10.1. The second kappa shape index (κ2) is 6.02. The summed E-state index contributed by atoms with van der Waals surface area (Å²) >= 11 is 4.24. The van der Waals surface area contributed by atoms with Gasteiger partial charge in [-0.15, -0.1) is 12.6 Å². The first-order valence-corrected chi connectivity index (χ1v) is 7.22. The van der Waals surface area contributed by atoms with Gasteiger partial charge in [0, 0.05) is 16.0 Å². The molecular weight excluding hydrogens is 278 g/mol. The van der Waals surface area contributed by atoms with Crippen molar-refractivity contribution in [2.75, 3.05) is 5.32 Å². The highest BCUT2D eigenvalue weighted by Crippen LogP contribution is 2.23. The number of hydrogen-bond donors (Lipinski definition) is 2. The lowest BCUT2D eigenvalue weighted by Gasteiger charge is -2.09. The average Bonchev–Trinajstić information content (AvgIpc) is 2.50. The van der Waals surface area contributed by atoms with Gasteiger partial charge in [-0.1, -0.05) is 48.5 Å². The van der Waals surface area contributed by atoms with Gasteiger partial charge in [0.1, 0.15) is 0 Å². The number of fused-ring (bicyclic) bond motifs is 1. The quantitative estimate of drug-likeness (QED) is 0.692. The molecule has 1 amide bonds. The number of benzene rings is 3. The van der Waals surface area contributed by atoms with Crippen LogP contribution < -0.4 is 5.32 Å². The highest BCUT2D eigenvalue weighted by atomic mass is 32.1. The Morgan fingerprint density at radius 3 is 2.43 bits per heavy atom. The molecule has 0 aliphatic heterocycles. The molecule has 0 saturated carbocycles. The van der Waals surface area contributed by atoms with Gasteiger partial charge in [-0.25, -0.2) is 0 Å². The average molecular weight is 293 g/mol. The first-order valence-electron chi connectivity index (χ1n) is 6.78. The molecule has 0 radical (unpaired) electrons. The maximum Gasteiger partial charge on any atom is 0.228 e. The molecule has 3 aromatic carbocycles. The second-order valence-corrected chi connectivity index (χ2v) is 5.43. The predicted octanol–water partition coefficient (Wildman–Crippen LogP) is 4.31. The molecule has 21 heavy (non-hydrogen) atoms. The first-order chi connectivity index (χ1) is 10.2. The lowest BCUT2D eigenvalue weighted by Crippen LogP contribution is -2.14. The Morgan fingerprint density at radius 1 is 0.905 bits per heavy atom.